The third-order valence-corrected chi connectivity index (χ3v) is 7.89. The number of carbonyl (C=O) groups is 2. The molecule has 0 radical (unpaired) electrons. The minimum Gasteiger partial charge on any atom is -0.481 e. The maximum Gasteiger partial charge on any atom is 0.303 e. The van der Waals surface area contributed by atoms with E-state index >= 15 is 0 Å². The Kier molecular flexibility index (Phi) is 5.32. The Morgan fingerprint density at radius 1 is 1.35 bits per heavy atom. The van der Waals surface area contributed by atoms with Crippen LogP contribution in [0.1, 0.15) is 18.4 Å². The van der Waals surface area contributed by atoms with Crippen molar-refractivity contribution in [3.63, 3.8) is 0 Å². The zero-order chi connectivity index (χ0) is 19.1. The summed E-state index contributed by atoms with van der Waals surface area (Å²) in [5.41, 5.74) is 1.55. The maximum atomic E-state index is 12.0. The minimum atomic E-state index is -3.15. The third-order valence-electron chi connectivity index (χ3n) is 4.27. The lowest BCUT2D eigenvalue weighted by atomic mass is 10.1. The number of hydrogen-bond donors (Lipinski definition) is 1. The number of thioether (sulfide) groups is 1. The molecule has 1 aromatic carbocycles. The van der Waals surface area contributed by atoms with E-state index in [4.69, 9.17) is 16.7 Å². The number of hydrogen-bond acceptors (Lipinski definition) is 5. The molecular weight excluding hydrogens is 400 g/mol. The number of aryl methyl sites for hydroxylation is 1. The molecule has 0 aromatic heterocycles. The van der Waals surface area contributed by atoms with E-state index in [2.05, 4.69) is 4.99 Å². The highest BCUT2D eigenvalue weighted by Gasteiger charge is 2.49. The van der Waals surface area contributed by atoms with E-state index in [-0.39, 0.29) is 35.6 Å². The Balaban J connectivity index is 1.94. The van der Waals surface area contributed by atoms with Crippen molar-refractivity contribution in [3.05, 3.63) is 28.8 Å². The van der Waals surface area contributed by atoms with Gasteiger partial charge in [0, 0.05) is 22.4 Å². The summed E-state index contributed by atoms with van der Waals surface area (Å²) >= 11 is 7.45. The summed E-state index contributed by atoms with van der Waals surface area (Å²) in [5, 5.41) is 9.41. The van der Waals surface area contributed by atoms with Crippen LogP contribution in [0.3, 0.4) is 0 Å². The first kappa shape index (κ1) is 19.2. The zero-order valence-corrected chi connectivity index (χ0v) is 16.3. The van der Waals surface area contributed by atoms with E-state index < -0.39 is 21.7 Å². The molecule has 0 saturated carbocycles. The Morgan fingerprint density at radius 3 is 2.73 bits per heavy atom. The molecule has 2 unspecified atom stereocenters. The number of nitrogens with zero attached hydrogens (tertiary/aromatic N) is 2. The van der Waals surface area contributed by atoms with Crippen molar-refractivity contribution in [3.8, 4) is 0 Å². The lowest BCUT2D eigenvalue weighted by Gasteiger charge is -2.25. The second-order valence-electron chi connectivity index (χ2n) is 6.29. The molecule has 0 bridgehead atoms. The van der Waals surface area contributed by atoms with E-state index in [1.54, 1.807) is 11.0 Å². The van der Waals surface area contributed by atoms with Gasteiger partial charge in [0.15, 0.2) is 15.0 Å². The number of amidine groups is 1. The summed E-state index contributed by atoms with van der Waals surface area (Å²) in [4.78, 5) is 28.4. The number of amides is 1. The Morgan fingerprint density at radius 2 is 2.08 bits per heavy atom. The first-order valence-corrected chi connectivity index (χ1v) is 11.0. The topological polar surface area (TPSA) is 104 Å². The molecular formula is C16H17ClN2O5S2. The van der Waals surface area contributed by atoms with Crippen LogP contribution >= 0.6 is 23.4 Å². The predicted octanol–water partition coefficient (Wildman–Crippen LogP) is 2.11. The molecule has 2 fully saturated rings. The molecule has 2 atom stereocenters. The van der Waals surface area contributed by atoms with E-state index in [1.807, 2.05) is 19.1 Å². The third kappa shape index (κ3) is 4.05. The van der Waals surface area contributed by atoms with Gasteiger partial charge in [0.2, 0.25) is 5.91 Å². The van der Waals surface area contributed by atoms with Gasteiger partial charge >= 0.3 is 5.97 Å². The fraction of sp³-hybridized carbons (Fsp3) is 0.438. The van der Waals surface area contributed by atoms with E-state index in [0.29, 0.717) is 15.9 Å². The van der Waals surface area contributed by atoms with Crippen LogP contribution in [-0.4, -0.2) is 53.4 Å². The first-order chi connectivity index (χ1) is 12.2. The lowest BCUT2D eigenvalue weighted by molar-refractivity contribution is -0.138. The Hall–Kier alpha value is -1.58. The van der Waals surface area contributed by atoms with Crippen molar-refractivity contribution in [1.29, 1.82) is 0 Å². The van der Waals surface area contributed by atoms with Crippen LogP contribution in [0.5, 0.6) is 0 Å². The number of anilines is 1. The molecule has 1 aromatic rings. The molecule has 26 heavy (non-hydrogen) atoms. The van der Waals surface area contributed by atoms with E-state index in [1.165, 1.54) is 11.8 Å². The average Bonchev–Trinajstić information content (AvgIpc) is 2.99. The Labute approximate surface area is 160 Å². The monoisotopic (exact) mass is 416 g/mol. The van der Waals surface area contributed by atoms with Gasteiger partial charge in [-0.05, 0) is 24.6 Å². The molecule has 2 aliphatic heterocycles. The van der Waals surface area contributed by atoms with Gasteiger partial charge < -0.3 is 10.0 Å². The highest BCUT2D eigenvalue weighted by Crippen LogP contribution is 2.41. The van der Waals surface area contributed by atoms with Crippen molar-refractivity contribution in [2.75, 3.05) is 16.4 Å². The molecule has 1 amide bonds. The fourth-order valence-corrected chi connectivity index (χ4v) is 7.08. The number of sulfone groups is 1. The van der Waals surface area contributed by atoms with Crippen LogP contribution in [0.4, 0.5) is 5.69 Å². The van der Waals surface area contributed by atoms with Crippen LogP contribution < -0.4 is 4.90 Å². The summed E-state index contributed by atoms with van der Waals surface area (Å²) in [6.45, 7) is 1.86. The largest absolute Gasteiger partial charge is 0.481 e. The molecule has 2 saturated heterocycles. The normalized spacial score (nSPS) is 25.5. The standard InChI is InChI=1S/C16H17ClN2O5S2/c1-9-2-3-10(6-11(9)17)19-12-7-26(23,24)8-13(12)25-16(19)18-14(20)4-5-15(21)22/h2-3,6,12-13H,4-5,7-8H2,1H3,(H,21,22). The molecule has 10 heteroatoms. The second-order valence-corrected chi connectivity index (χ2v) is 10.1. The van der Waals surface area contributed by atoms with E-state index in [9.17, 15) is 18.0 Å². The highest BCUT2D eigenvalue weighted by molar-refractivity contribution is 8.16. The van der Waals surface area contributed by atoms with Crippen LogP contribution in [0.15, 0.2) is 23.2 Å². The quantitative estimate of drug-likeness (QED) is 0.801. The van der Waals surface area contributed by atoms with Crippen LogP contribution in [0.25, 0.3) is 0 Å². The summed E-state index contributed by atoms with van der Waals surface area (Å²) in [6.07, 6.45) is -0.493. The zero-order valence-electron chi connectivity index (χ0n) is 13.9. The van der Waals surface area contributed by atoms with Crippen LogP contribution in [0, 0.1) is 6.92 Å². The second kappa shape index (κ2) is 7.21. The van der Waals surface area contributed by atoms with Crippen molar-refractivity contribution >= 4 is 55.9 Å². The molecule has 1 N–H and O–H groups in total. The lowest BCUT2D eigenvalue weighted by Crippen LogP contribution is -2.37. The van der Waals surface area contributed by atoms with Gasteiger partial charge in [-0.3, -0.25) is 9.59 Å². The number of halogens is 1. The van der Waals surface area contributed by atoms with Gasteiger partial charge in [-0.15, -0.1) is 0 Å². The van der Waals surface area contributed by atoms with Crippen LogP contribution in [-0.2, 0) is 19.4 Å². The molecule has 2 heterocycles. The molecule has 140 valence electrons. The first-order valence-electron chi connectivity index (χ1n) is 7.92. The van der Waals surface area contributed by atoms with Gasteiger partial charge in [-0.1, -0.05) is 29.4 Å². The van der Waals surface area contributed by atoms with Gasteiger partial charge in [0.1, 0.15) is 0 Å². The fourth-order valence-electron chi connectivity index (χ4n) is 2.97. The number of benzene rings is 1. The highest BCUT2D eigenvalue weighted by atomic mass is 35.5. The van der Waals surface area contributed by atoms with Crippen molar-refractivity contribution in [2.45, 2.75) is 31.1 Å². The van der Waals surface area contributed by atoms with Crippen molar-refractivity contribution < 1.29 is 23.1 Å². The van der Waals surface area contributed by atoms with E-state index in [0.717, 1.165) is 5.56 Å². The van der Waals surface area contributed by atoms with Gasteiger partial charge in [-0.25, -0.2) is 8.42 Å². The number of aliphatic carboxylic acids is 1. The average molecular weight is 417 g/mol. The predicted molar refractivity (Wildman–Crippen MR) is 102 cm³/mol. The maximum absolute atomic E-state index is 12.0. The number of aliphatic imine (C=N–C) groups is 1. The minimum absolute atomic E-state index is 0.0154. The SMILES string of the molecule is Cc1ccc(N2C(=NC(=O)CCC(=O)O)SC3CS(=O)(=O)CC32)cc1Cl. The number of carbonyl (C=O) groups excluding carboxylic acids is 1. The molecule has 7 nitrogen and oxygen atoms in total. The summed E-state index contributed by atoms with van der Waals surface area (Å²) in [6, 6.07) is 5.03. The van der Waals surface area contributed by atoms with Crippen LogP contribution in [0.2, 0.25) is 5.02 Å². The van der Waals surface area contributed by atoms with Crippen molar-refractivity contribution in [2.24, 2.45) is 4.99 Å². The molecule has 0 spiro atoms. The number of fused-ring (bicyclic) bond motifs is 1. The van der Waals surface area contributed by atoms with Crippen molar-refractivity contribution in [1.82, 2.24) is 0 Å². The number of carboxylic acid groups (broad SMARTS) is 1. The summed E-state index contributed by atoms with van der Waals surface area (Å²) in [7, 11) is -3.15. The molecule has 0 aliphatic carbocycles. The number of rotatable bonds is 4. The number of carboxylic acids is 1. The van der Waals surface area contributed by atoms with Gasteiger partial charge in [0.05, 0.1) is 24.0 Å². The smallest absolute Gasteiger partial charge is 0.303 e. The van der Waals surface area contributed by atoms with Gasteiger partial charge in [-0.2, -0.15) is 4.99 Å². The Bertz CT molecular complexity index is 900. The summed E-state index contributed by atoms with van der Waals surface area (Å²) < 4.78 is 24.0. The summed E-state index contributed by atoms with van der Waals surface area (Å²) in [5.74, 6) is -1.59. The molecule has 3 rings (SSSR count). The molecule has 2 aliphatic rings. The van der Waals surface area contributed by atoms with Gasteiger partial charge in [0.25, 0.3) is 0 Å².